The molecule has 1 aromatic heterocycles. The van der Waals surface area contributed by atoms with Gasteiger partial charge in [0, 0.05) is 21.4 Å². The fourth-order valence-corrected chi connectivity index (χ4v) is 4.75. The summed E-state index contributed by atoms with van der Waals surface area (Å²) in [5, 5.41) is 40.9. The number of nitrogens with zero attached hydrogens (tertiary/aromatic N) is 1. The molecule has 1 saturated heterocycles. The van der Waals surface area contributed by atoms with Crippen molar-refractivity contribution >= 4 is 22.7 Å². The minimum atomic E-state index is -1.51. The predicted molar refractivity (Wildman–Crippen MR) is 117 cm³/mol. The van der Waals surface area contributed by atoms with Crippen LogP contribution in [-0.4, -0.2) is 62.1 Å². The lowest BCUT2D eigenvalue weighted by molar-refractivity contribution is -0.250. The molecule has 32 heavy (non-hydrogen) atoms. The van der Waals surface area contributed by atoms with Crippen molar-refractivity contribution in [1.29, 1.82) is 0 Å². The normalized spacial score (nSPS) is 26.1. The highest BCUT2D eigenvalue weighted by Crippen LogP contribution is 2.39. The summed E-state index contributed by atoms with van der Waals surface area (Å²) >= 11 is 1.41. The molecule has 0 amide bonds. The van der Waals surface area contributed by atoms with Crippen molar-refractivity contribution in [2.24, 2.45) is 0 Å². The van der Waals surface area contributed by atoms with Crippen molar-refractivity contribution in [3.8, 4) is 5.75 Å². The van der Waals surface area contributed by atoms with E-state index in [2.05, 4.69) is 0 Å². The zero-order valence-corrected chi connectivity index (χ0v) is 18.4. The molecule has 4 N–H and O–H groups in total. The van der Waals surface area contributed by atoms with E-state index < -0.39 is 43.1 Å². The van der Waals surface area contributed by atoms with Gasteiger partial charge < -0.3 is 34.5 Å². The van der Waals surface area contributed by atoms with Gasteiger partial charge in [0.1, 0.15) is 36.0 Å². The van der Waals surface area contributed by atoms with Gasteiger partial charge in [-0.15, -0.1) is 0 Å². The first-order chi connectivity index (χ1) is 15.3. The Labute approximate surface area is 189 Å². The molecule has 9 heteroatoms. The number of aliphatic hydroxyl groups excluding tert-OH is 4. The highest BCUT2D eigenvalue weighted by Gasteiger charge is 2.44. The maximum Gasteiger partial charge on any atom is 0.163 e. The molecule has 1 aliphatic heterocycles. The average molecular weight is 464 g/mol. The fourth-order valence-electron chi connectivity index (χ4n) is 3.79. The molecule has 7 nitrogen and oxygen atoms in total. The van der Waals surface area contributed by atoms with Crippen LogP contribution in [0.1, 0.15) is 20.1 Å². The summed E-state index contributed by atoms with van der Waals surface area (Å²) in [5.41, 5.74) is 0.581. The number of ether oxygens (including phenoxy) is 2. The van der Waals surface area contributed by atoms with Crippen LogP contribution in [-0.2, 0) is 4.74 Å². The first-order valence-corrected chi connectivity index (χ1v) is 11.2. The van der Waals surface area contributed by atoms with Gasteiger partial charge >= 0.3 is 0 Å². The Hall–Kier alpha value is -2.14. The van der Waals surface area contributed by atoms with Crippen LogP contribution in [0, 0.1) is 5.82 Å². The molecule has 172 valence electrons. The molecule has 0 spiro atoms. The first kappa shape index (κ1) is 23.0. The maximum atomic E-state index is 14.1. The van der Waals surface area contributed by atoms with Crippen LogP contribution in [0.25, 0.3) is 10.9 Å². The van der Waals surface area contributed by atoms with Crippen LogP contribution in [0.2, 0.25) is 0 Å². The summed E-state index contributed by atoms with van der Waals surface area (Å²) in [5.74, 6) is 0.339. The van der Waals surface area contributed by atoms with Crippen molar-refractivity contribution in [2.45, 2.75) is 60.4 Å². The minimum absolute atomic E-state index is 0.0630. The first-order valence-electron chi connectivity index (χ1n) is 10.3. The number of halogens is 1. The summed E-state index contributed by atoms with van der Waals surface area (Å²) < 4.78 is 27.0. The van der Waals surface area contributed by atoms with Gasteiger partial charge in [-0.1, -0.05) is 11.8 Å². The van der Waals surface area contributed by atoms with E-state index in [1.165, 1.54) is 23.9 Å². The number of hydrogen-bond donors (Lipinski definition) is 4. The van der Waals surface area contributed by atoms with E-state index in [0.29, 0.717) is 15.8 Å². The van der Waals surface area contributed by atoms with E-state index in [1.807, 2.05) is 38.1 Å². The number of aromatic nitrogens is 1. The summed E-state index contributed by atoms with van der Waals surface area (Å²) in [4.78, 5) is 1.62. The Bertz CT molecular complexity index is 1070. The van der Waals surface area contributed by atoms with Crippen molar-refractivity contribution in [3.05, 3.63) is 54.5 Å². The lowest BCUT2D eigenvalue weighted by Crippen LogP contribution is -2.56. The van der Waals surface area contributed by atoms with Crippen LogP contribution in [0.15, 0.2) is 58.5 Å². The summed E-state index contributed by atoms with van der Waals surface area (Å²) in [7, 11) is 0. The van der Waals surface area contributed by atoms with Crippen molar-refractivity contribution < 1.29 is 34.3 Å². The molecule has 0 aliphatic carbocycles. The Kier molecular flexibility index (Phi) is 6.75. The highest BCUT2D eigenvalue weighted by atomic mass is 32.2. The molecule has 0 unspecified atom stereocenters. The molecule has 5 atom stereocenters. The van der Waals surface area contributed by atoms with Gasteiger partial charge in [0.2, 0.25) is 0 Å². The summed E-state index contributed by atoms with van der Waals surface area (Å²) in [6.45, 7) is 3.37. The summed E-state index contributed by atoms with van der Waals surface area (Å²) in [6, 6.07) is 11.8. The highest BCUT2D eigenvalue weighted by molar-refractivity contribution is 7.99. The van der Waals surface area contributed by atoms with Crippen LogP contribution >= 0.6 is 11.8 Å². The number of fused-ring (bicyclic) bond motifs is 1. The molecule has 4 rings (SSSR count). The predicted octanol–water partition coefficient (Wildman–Crippen LogP) is 2.69. The van der Waals surface area contributed by atoms with Crippen molar-refractivity contribution in [2.75, 3.05) is 6.61 Å². The molecule has 0 radical (unpaired) electrons. The van der Waals surface area contributed by atoms with Crippen molar-refractivity contribution in [3.63, 3.8) is 0 Å². The van der Waals surface area contributed by atoms with Crippen LogP contribution < -0.4 is 4.74 Å². The standard InChI is InChI=1S/C23H26FNO6S/c1-12(2)30-14-4-6-15(7-5-14)32-19-10-25(17-8-3-13(24)9-16(17)19)23-22(29)21(28)20(27)18(11-26)31-23/h3-10,12,18,20-23,26-29H,11H2,1-2H3/t18-,20-,21+,22-,23-/m1/s1. The molecule has 0 saturated carbocycles. The second-order valence-corrected chi connectivity index (χ2v) is 9.14. The third kappa shape index (κ3) is 4.50. The minimum Gasteiger partial charge on any atom is -0.491 e. The van der Waals surface area contributed by atoms with Gasteiger partial charge in [0.15, 0.2) is 6.23 Å². The smallest absolute Gasteiger partial charge is 0.163 e. The maximum absolute atomic E-state index is 14.1. The third-order valence-electron chi connectivity index (χ3n) is 5.32. The quantitative estimate of drug-likeness (QED) is 0.446. The molecule has 3 aromatic rings. The van der Waals surface area contributed by atoms with Crippen molar-refractivity contribution in [1.82, 2.24) is 4.57 Å². The van der Waals surface area contributed by atoms with Crippen LogP contribution in [0.5, 0.6) is 5.75 Å². The van der Waals surface area contributed by atoms with E-state index in [4.69, 9.17) is 9.47 Å². The molecule has 1 fully saturated rings. The Morgan fingerprint density at radius 3 is 2.44 bits per heavy atom. The second-order valence-electron chi connectivity index (χ2n) is 8.02. The van der Waals surface area contributed by atoms with E-state index in [-0.39, 0.29) is 6.10 Å². The number of hydrogen-bond acceptors (Lipinski definition) is 7. The zero-order chi connectivity index (χ0) is 23.0. The van der Waals surface area contributed by atoms with E-state index in [0.717, 1.165) is 10.6 Å². The van der Waals surface area contributed by atoms with E-state index >= 15 is 0 Å². The molecule has 0 bridgehead atoms. The Morgan fingerprint density at radius 1 is 1.06 bits per heavy atom. The average Bonchev–Trinajstić information content (AvgIpc) is 3.10. The topological polar surface area (TPSA) is 104 Å². The SMILES string of the molecule is CC(C)Oc1ccc(Sc2cn([C@@H]3O[C@H](CO)[C@@H](O)[C@H](O)[C@H]3O)c3ccc(F)cc23)cc1. The molecule has 1 aliphatic rings. The van der Waals surface area contributed by atoms with Gasteiger partial charge in [0.25, 0.3) is 0 Å². The number of benzene rings is 2. The molecule has 2 aromatic carbocycles. The second kappa shape index (κ2) is 9.38. The Balaban J connectivity index is 1.70. The lowest BCUT2D eigenvalue weighted by atomic mass is 9.98. The van der Waals surface area contributed by atoms with Gasteiger partial charge in [-0.25, -0.2) is 4.39 Å². The molecular formula is C23H26FNO6S. The van der Waals surface area contributed by atoms with Crippen LogP contribution in [0.4, 0.5) is 4.39 Å². The fraction of sp³-hybridized carbons (Fsp3) is 0.391. The van der Waals surface area contributed by atoms with E-state index in [1.54, 1.807) is 16.8 Å². The Morgan fingerprint density at radius 2 is 1.78 bits per heavy atom. The van der Waals surface area contributed by atoms with Gasteiger partial charge in [-0.2, -0.15) is 0 Å². The largest absolute Gasteiger partial charge is 0.491 e. The van der Waals surface area contributed by atoms with E-state index in [9.17, 15) is 24.8 Å². The molecular weight excluding hydrogens is 437 g/mol. The zero-order valence-electron chi connectivity index (χ0n) is 17.6. The lowest BCUT2D eigenvalue weighted by Gasteiger charge is -2.40. The van der Waals surface area contributed by atoms with Gasteiger partial charge in [0.05, 0.1) is 18.2 Å². The number of aliphatic hydroxyl groups is 4. The third-order valence-corrected chi connectivity index (χ3v) is 6.38. The van der Waals surface area contributed by atoms with Crippen LogP contribution in [0.3, 0.4) is 0 Å². The van der Waals surface area contributed by atoms with Gasteiger partial charge in [-0.3, -0.25) is 0 Å². The summed E-state index contributed by atoms with van der Waals surface area (Å²) in [6.07, 6.45) is -4.75. The molecule has 2 heterocycles. The van der Waals surface area contributed by atoms with Gasteiger partial charge in [-0.05, 0) is 56.3 Å². The number of rotatable bonds is 6. The monoisotopic (exact) mass is 463 g/mol.